The third kappa shape index (κ3) is 3.17. The average molecular weight is 422 g/mol. The molecule has 0 saturated carbocycles. The van der Waals surface area contributed by atoms with E-state index in [1.54, 1.807) is 13.8 Å². The third-order valence-electron chi connectivity index (χ3n) is 4.98. The van der Waals surface area contributed by atoms with E-state index in [4.69, 9.17) is 9.47 Å². The van der Waals surface area contributed by atoms with Crippen molar-refractivity contribution in [3.63, 3.8) is 0 Å². The predicted molar refractivity (Wildman–Crippen MR) is 120 cm³/mol. The van der Waals surface area contributed by atoms with Gasteiger partial charge in [-0.25, -0.2) is 9.59 Å². The molecule has 3 heterocycles. The van der Waals surface area contributed by atoms with E-state index in [9.17, 15) is 9.59 Å². The highest BCUT2D eigenvalue weighted by atomic mass is 32.1. The number of esters is 2. The molecule has 0 spiro atoms. The molecule has 0 aliphatic heterocycles. The summed E-state index contributed by atoms with van der Waals surface area (Å²) in [7, 11) is 0. The molecule has 154 valence electrons. The summed E-state index contributed by atoms with van der Waals surface area (Å²) in [6.45, 7) is 8.15. The van der Waals surface area contributed by atoms with Crippen LogP contribution in [-0.2, 0) is 9.47 Å². The number of aryl methyl sites for hydroxylation is 2. The van der Waals surface area contributed by atoms with Gasteiger partial charge in [-0.2, -0.15) is 0 Å². The first-order valence-corrected chi connectivity index (χ1v) is 10.8. The largest absolute Gasteiger partial charge is 0.462 e. The molecule has 4 rings (SSSR count). The van der Waals surface area contributed by atoms with Crippen molar-refractivity contribution in [2.45, 2.75) is 27.7 Å². The van der Waals surface area contributed by atoms with Crippen molar-refractivity contribution in [1.29, 1.82) is 0 Å². The minimum absolute atomic E-state index is 0.282. The van der Waals surface area contributed by atoms with Gasteiger partial charge in [0.25, 0.3) is 0 Å². The van der Waals surface area contributed by atoms with Crippen molar-refractivity contribution in [1.82, 2.24) is 4.40 Å². The molecule has 0 radical (unpaired) electrons. The van der Waals surface area contributed by atoms with Gasteiger partial charge in [0.2, 0.25) is 0 Å². The van der Waals surface area contributed by atoms with Gasteiger partial charge < -0.3 is 13.9 Å². The second-order valence-electron chi connectivity index (χ2n) is 7.08. The van der Waals surface area contributed by atoms with Gasteiger partial charge in [-0.1, -0.05) is 36.4 Å². The SMILES string of the molecule is CCOC(=O)c1sc2c(C(=O)OCC)c3c(C)cc(C)cn3c2c1-c1ccccc1. The Hall–Kier alpha value is -3.12. The van der Waals surface area contributed by atoms with E-state index in [-0.39, 0.29) is 25.2 Å². The lowest BCUT2D eigenvalue weighted by Crippen LogP contribution is -2.06. The van der Waals surface area contributed by atoms with Crippen molar-refractivity contribution >= 4 is 39.0 Å². The first-order chi connectivity index (χ1) is 14.5. The lowest BCUT2D eigenvalue weighted by molar-refractivity contribution is 0.0521. The Morgan fingerprint density at radius 3 is 2.30 bits per heavy atom. The second kappa shape index (κ2) is 7.95. The molecule has 0 amide bonds. The number of carbonyl (C=O) groups is 2. The molecule has 1 aromatic carbocycles. The molecule has 3 aromatic heterocycles. The van der Waals surface area contributed by atoms with Gasteiger partial charge in [0.15, 0.2) is 0 Å². The highest BCUT2D eigenvalue weighted by Gasteiger charge is 2.30. The molecule has 30 heavy (non-hydrogen) atoms. The maximum absolute atomic E-state index is 13.0. The summed E-state index contributed by atoms with van der Waals surface area (Å²) in [6, 6.07) is 11.8. The number of rotatable bonds is 5. The van der Waals surface area contributed by atoms with Crippen molar-refractivity contribution < 1.29 is 19.1 Å². The predicted octanol–water partition coefficient (Wildman–Crippen LogP) is 5.79. The summed E-state index contributed by atoms with van der Waals surface area (Å²) in [4.78, 5) is 26.3. The summed E-state index contributed by atoms with van der Waals surface area (Å²) >= 11 is 1.29. The van der Waals surface area contributed by atoms with Crippen LogP contribution < -0.4 is 0 Å². The molecule has 5 nitrogen and oxygen atoms in total. The van der Waals surface area contributed by atoms with Crippen LogP contribution in [-0.4, -0.2) is 29.6 Å². The molecular weight excluding hydrogens is 398 g/mol. The molecule has 0 saturated heterocycles. The topological polar surface area (TPSA) is 57.0 Å². The Balaban J connectivity index is 2.19. The van der Waals surface area contributed by atoms with Crippen LogP contribution in [0.3, 0.4) is 0 Å². The van der Waals surface area contributed by atoms with Crippen LogP contribution in [0.2, 0.25) is 0 Å². The van der Waals surface area contributed by atoms with Crippen LogP contribution in [0.25, 0.3) is 26.9 Å². The summed E-state index contributed by atoms with van der Waals surface area (Å²) in [5.74, 6) is -0.765. The van der Waals surface area contributed by atoms with Crippen LogP contribution >= 0.6 is 11.3 Å². The van der Waals surface area contributed by atoms with E-state index < -0.39 is 0 Å². The Morgan fingerprint density at radius 1 is 0.967 bits per heavy atom. The van der Waals surface area contributed by atoms with E-state index in [1.165, 1.54) is 11.3 Å². The van der Waals surface area contributed by atoms with Crippen molar-refractivity contribution in [3.05, 3.63) is 64.2 Å². The van der Waals surface area contributed by atoms with Crippen molar-refractivity contribution in [2.24, 2.45) is 0 Å². The van der Waals surface area contributed by atoms with Crippen molar-refractivity contribution in [2.75, 3.05) is 13.2 Å². The molecule has 4 aromatic rings. The standard InChI is InChI=1S/C24H23NO4S/c1-5-28-23(26)18-19-15(4)12-14(3)13-25(19)20-17(16-10-8-7-9-11-16)22(30-21(18)20)24(27)29-6-2/h7-13H,5-6H2,1-4H3. The fourth-order valence-corrected chi connectivity index (χ4v) is 5.18. The fraction of sp³-hybridized carbons (Fsp3) is 0.250. The van der Waals surface area contributed by atoms with Gasteiger partial charge >= 0.3 is 11.9 Å². The summed E-state index contributed by atoms with van der Waals surface area (Å²) in [5, 5.41) is 0. The zero-order valence-corrected chi connectivity index (χ0v) is 18.3. The molecule has 0 N–H and O–H groups in total. The number of nitrogens with zero attached hydrogens (tertiary/aromatic N) is 1. The number of benzene rings is 1. The maximum atomic E-state index is 13.0. The van der Waals surface area contributed by atoms with E-state index in [0.717, 1.165) is 38.0 Å². The Kier molecular flexibility index (Phi) is 5.35. The van der Waals surface area contributed by atoms with Gasteiger partial charge in [-0.05, 0) is 44.4 Å². The molecule has 6 heteroatoms. The Bertz CT molecular complexity index is 1270. The van der Waals surface area contributed by atoms with E-state index in [1.807, 2.05) is 54.8 Å². The van der Waals surface area contributed by atoms with Gasteiger partial charge in [0.1, 0.15) is 10.4 Å². The number of ether oxygens (including phenoxy) is 2. The summed E-state index contributed by atoms with van der Waals surface area (Å²) < 4.78 is 13.5. The number of pyridine rings is 1. The molecule has 0 atom stereocenters. The lowest BCUT2D eigenvalue weighted by atomic mass is 10.1. The van der Waals surface area contributed by atoms with E-state index in [2.05, 4.69) is 6.07 Å². The van der Waals surface area contributed by atoms with Gasteiger partial charge in [-0.3, -0.25) is 0 Å². The van der Waals surface area contributed by atoms with Gasteiger partial charge in [-0.15, -0.1) is 11.3 Å². The number of hydrogen-bond donors (Lipinski definition) is 0. The zero-order valence-electron chi connectivity index (χ0n) is 17.4. The third-order valence-corrected chi connectivity index (χ3v) is 6.16. The lowest BCUT2D eigenvalue weighted by Gasteiger charge is -2.09. The highest BCUT2D eigenvalue weighted by molar-refractivity contribution is 7.22. The molecule has 0 aliphatic rings. The fourth-order valence-electron chi connectivity index (χ4n) is 3.93. The average Bonchev–Trinajstić information content (AvgIpc) is 3.24. The molecule has 0 bridgehead atoms. The molecule has 0 unspecified atom stereocenters. The van der Waals surface area contributed by atoms with Crippen molar-refractivity contribution in [3.8, 4) is 11.1 Å². The number of thiophene rings is 1. The quantitative estimate of drug-likeness (QED) is 0.383. The normalized spacial score (nSPS) is 11.2. The van der Waals surface area contributed by atoms with Crippen LogP contribution in [0.5, 0.6) is 0 Å². The smallest absolute Gasteiger partial charge is 0.349 e. The van der Waals surface area contributed by atoms with Gasteiger partial charge in [0, 0.05) is 11.8 Å². The minimum Gasteiger partial charge on any atom is -0.462 e. The van der Waals surface area contributed by atoms with Crippen LogP contribution in [0, 0.1) is 13.8 Å². The van der Waals surface area contributed by atoms with Gasteiger partial charge in [0.05, 0.1) is 28.9 Å². The number of hydrogen-bond acceptors (Lipinski definition) is 5. The Morgan fingerprint density at radius 2 is 1.63 bits per heavy atom. The highest BCUT2D eigenvalue weighted by Crippen LogP contribution is 2.44. The minimum atomic E-state index is -0.384. The molecular formula is C24H23NO4S. The summed E-state index contributed by atoms with van der Waals surface area (Å²) in [6.07, 6.45) is 2.00. The monoisotopic (exact) mass is 421 g/mol. The summed E-state index contributed by atoms with van der Waals surface area (Å²) in [5.41, 5.74) is 5.88. The molecule has 0 aliphatic carbocycles. The second-order valence-corrected chi connectivity index (χ2v) is 8.11. The first-order valence-electron chi connectivity index (χ1n) is 9.95. The Labute approximate surface area is 178 Å². The first kappa shape index (κ1) is 20.2. The van der Waals surface area contributed by atoms with Crippen LogP contribution in [0.4, 0.5) is 0 Å². The van der Waals surface area contributed by atoms with Crippen LogP contribution in [0.15, 0.2) is 42.6 Å². The zero-order chi connectivity index (χ0) is 21.4. The number of carbonyl (C=O) groups excluding carboxylic acids is 2. The molecule has 0 fully saturated rings. The number of aromatic nitrogens is 1. The van der Waals surface area contributed by atoms with E-state index in [0.29, 0.717) is 10.4 Å². The number of fused-ring (bicyclic) bond motifs is 3. The van der Waals surface area contributed by atoms with Crippen LogP contribution in [0.1, 0.15) is 45.0 Å². The van der Waals surface area contributed by atoms with E-state index >= 15 is 0 Å². The maximum Gasteiger partial charge on any atom is 0.349 e.